The molecule has 29 heavy (non-hydrogen) atoms. The van der Waals surface area contributed by atoms with Gasteiger partial charge >= 0.3 is 0 Å². The van der Waals surface area contributed by atoms with Crippen molar-refractivity contribution in [1.82, 2.24) is 0 Å². The zero-order valence-electron chi connectivity index (χ0n) is 15.7. The molecule has 0 bridgehead atoms. The highest BCUT2D eigenvalue weighted by Crippen LogP contribution is 2.37. The fraction of sp³-hybridized carbons (Fsp3) is 0.222. The van der Waals surface area contributed by atoms with Gasteiger partial charge in [-0.3, -0.25) is 19.7 Å². The lowest BCUT2D eigenvalue weighted by Crippen LogP contribution is -2.32. The molecule has 0 aromatic heterocycles. The number of nitrogens with zero attached hydrogens (tertiary/aromatic N) is 3. The number of nitro benzene ring substituents is 1. The third kappa shape index (κ3) is 5.48. The number of methoxy groups -OCH3 is 2. The van der Waals surface area contributed by atoms with Crippen molar-refractivity contribution < 1.29 is 24.0 Å². The van der Waals surface area contributed by atoms with E-state index in [4.69, 9.17) is 21.1 Å². The number of Topliss-reactive ketones (excluding diaryl/α,β-unsaturated/α-hetero) is 1. The normalized spacial score (nSPS) is 11.7. The molecule has 152 valence electrons. The van der Waals surface area contributed by atoms with Crippen molar-refractivity contribution in [2.75, 3.05) is 19.5 Å². The summed E-state index contributed by atoms with van der Waals surface area (Å²) in [5.74, 6) is -0.818. The summed E-state index contributed by atoms with van der Waals surface area (Å²) in [5.41, 5.74) is 0.111. The fourth-order valence-corrected chi connectivity index (χ4v) is 2.59. The summed E-state index contributed by atoms with van der Waals surface area (Å²) >= 11 is 6.10. The molecule has 0 saturated heterocycles. The van der Waals surface area contributed by atoms with Crippen LogP contribution in [0.25, 0.3) is 0 Å². The van der Waals surface area contributed by atoms with Gasteiger partial charge in [-0.25, -0.2) is 0 Å². The first-order valence-electron chi connectivity index (χ1n) is 8.15. The van der Waals surface area contributed by atoms with Crippen molar-refractivity contribution >= 4 is 40.4 Å². The number of ether oxygens (including phenoxy) is 2. The minimum atomic E-state index is -1.48. The topological polar surface area (TPSA) is 132 Å². The summed E-state index contributed by atoms with van der Waals surface area (Å²) < 4.78 is 10.3. The lowest BCUT2D eigenvalue weighted by atomic mass is 10.2. The maximum atomic E-state index is 12.6. The molecule has 1 amide bonds. The Labute approximate surface area is 170 Å². The average molecular weight is 421 g/mol. The van der Waals surface area contributed by atoms with Crippen LogP contribution in [0.3, 0.4) is 0 Å². The van der Waals surface area contributed by atoms with Crippen LogP contribution >= 0.6 is 11.6 Å². The number of azo groups is 1. The van der Waals surface area contributed by atoms with Gasteiger partial charge in [0.15, 0.2) is 11.5 Å². The first-order chi connectivity index (χ1) is 13.8. The number of ketones is 1. The molecule has 11 heteroatoms. The molecule has 0 saturated carbocycles. The van der Waals surface area contributed by atoms with Gasteiger partial charge in [0, 0.05) is 24.3 Å². The quantitative estimate of drug-likeness (QED) is 0.297. The molecule has 0 aliphatic heterocycles. The summed E-state index contributed by atoms with van der Waals surface area (Å²) in [6, 6.07) is 6.81. The number of hydrogen-bond acceptors (Lipinski definition) is 8. The molecule has 0 aliphatic carbocycles. The van der Waals surface area contributed by atoms with Crippen molar-refractivity contribution in [3.63, 3.8) is 0 Å². The average Bonchev–Trinajstić information content (AvgIpc) is 2.67. The molecular formula is C18H17ClN4O6. The highest BCUT2D eigenvalue weighted by molar-refractivity contribution is 6.33. The molecule has 0 aliphatic rings. The van der Waals surface area contributed by atoms with Crippen LogP contribution in [0.1, 0.15) is 6.92 Å². The van der Waals surface area contributed by atoms with Crippen molar-refractivity contribution in [3.05, 3.63) is 51.5 Å². The summed E-state index contributed by atoms with van der Waals surface area (Å²) in [5, 5.41) is 21.1. The Morgan fingerprint density at radius 3 is 2.52 bits per heavy atom. The molecule has 2 aromatic rings. The molecule has 1 N–H and O–H groups in total. The van der Waals surface area contributed by atoms with Gasteiger partial charge in [-0.1, -0.05) is 17.7 Å². The summed E-state index contributed by atoms with van der Waals surface area (Å²) in [4.78, 5) is 34.8. The van der Waals surface area contributed by atoms with E-state index in [1.807, 2.05) is 0 Å². The van der Waals surface area contributed by atoms with E-state index in [9.17, 15) is 19.7 Å². The third-order valence-corrected chi connectivity index (χ3v) is 3.96. The Bertz CT molecular complexity index is 979. The monoisotopic (exact) mass is 420 g/mol. The largest absolute Gasteiger partial charge is 0.497 e. The molecule has 2 aromatic carbocycles. The number of carbonyl (C=O) groups excluding carboxylic acids is 2. The van der Waals surface area contributed by atoms with E-state index in [0.29, 0.717) is 5.75 Å². The minimum absolute atomic E-state index is 0.125. The maximum Gasteiger partial charge on any atom is 0.271 e. The SMILES string of the molecule is COc1cc(Cl)c(OC)c(NC(=O)C(N=Nc2cccc([N+](=O)[O-])c2)C(C)=O)c1. The fourth-order valence-electron chi connectivity index (χ4n) is 2.30. The van der Waals surface area contributed by atoms with Crippen LogP contribution in [0.2, 0.25) is 5.02 Å². The Kier molecular flexibility index (Phi) is 7.21. The van der Waals surface area contributed by atoms with E-state index >= 15 is 0 Å². The van der Waals surface area contributed by atoms with E-state index < -0.39 is 22.7 Å². The van der Waals surface area contributed by atoms with Crippen LogP contribution in [0.15, 0.2) is 46.6 Å². The molecular weight excluding hydrogens is 404 g/mol. The predicted octanol–water partition coefficient (Wildman–Crippen LogP) is 3.95. The van der Waals surface area contributed by atoms with Crippen LogP contribution in [0.4, 0.5) is 17.1 Å². The Hall–Kier alpha value is -3.53. The third-order valence-electron chi connectivity index (χ3n) is 3.68. The van der Waals surface area contributed by atoms with E-state index in [0.717, 1.165) is 0 Å². The highest BCUT2D eigenvalue weighted by atomic mass is 35.5. The van der Waals surface area contributed by atoms with Gasteiger partial charge in [0.25, 0.3) is 11.6 Å². The molecule has 1 atom stereocenters. The van der Waals surface area contributed by atoms with E-state index in [1.165, 1.54) is 57.5 Å². The highest BCUT2D eigenvalue weighted by Gasteiger charge is 2.25. The van der Waals surface area contributed by atoms with E-state index in [1.54, 1.807) is 0 Å². The van der Waals surface area contributed by atoms with Crippen LogP contribution in [-0.4, -0.2) is 36.9 Å². The lowest BCUT2D eigenvalue weighted by Gasteiger charge is -2.15. The Morgan fingerprint density at radius 2 is 1.93 bits per heavy atom. The number of rotatable bonds is 8. The number of nitrogens with one attached hydrogen (secondary N) is 1. The number of non-ortho nitro benzene ring substituents is 1. The van der Waals surface area contributed by atoms with Crippen LogP contribution in [0.5, 0.6) is 11.5 Å². The first-order valence-corrected chi connectivity index (χ1v) is 8.52. The van der Waals surface area contributed by atoms with Gasteiger partial charge in [0.1, 0.15) is 5.75 Å². The number of nitro groups is 1. The van der Waals surface area contributed by atoms with E-state index in [-0.39, 0.29) is 27.8 Å². The molecule has 1 unspecified atom stereocenters. The van der Waals surface area contributed by atoms with Gasteiger partial charge in [-0.15, -0.1) is 0 Å². The number of hydrogen-bond donors (Lipinski definition) is 1. The predicted molar refractivity (Wildman–Crippen MR) is 105 cm³/mol. The Balaban J connectivity index is 2.29. The van der Waals surface area contributed by atoms with Crippen molar-refractivity contribution in [3.8, 4) is 11.5 Å². The molecule has 10 nitrogen and oxygen atoms in total. The van der Waals surface area contributed by atoms with Crippen LogP contribution in [-0.2, 0) is 9.59 Å². The van der Waals surface area contributed by atoms with Crippen LogP contribution < -0.4 is 14.8 Å². The minimum Gasteiger partial charge on any atom is -0.497 e. The second-order valence-electron chi connectivity index (χ2n) is 5.68. The molecule has 2 rings (SSSR count). The molecule has 0 fully saturated rings. The van der Waals surface area contributed by atoms with Gasteiger partial charge < -0.3 is 14.8 Å². The van der Waals surface area contributed by atoms with Gasteiger partial charge in [-0.05, 0) is 13.0 Å². The molecule has 0 spiro atoms. The number of benzene rings is 2. The van der Waals surface area contributed by atoms with Crippen molar-refractivity contribution in [1.29, 1.82) is 0 Å². The van der Waals surface area contributed by atoms with Gasteiger partial charge in [0.05, 0.1) is 35.5 Å². The zero-order chi connectivity index (χ0) is 21.6. The smallest absolute Gasteiger partial charge is 0.271 e. The summed E-state index contributed by atoms with van der Waals surface area (Å²) in [6.07, 6.45) is 0. The summed E-state index contributed by atoms with van der Waals surface area (Å²) in [6.45, 7) is 1.17. The Morgan fingerprint density at radius 1 is 1.21 bits per heavy atom. The molecule has 0 radical (unpaired) electrons. The summed E-state index contributed by atoms with van der Waals surface area (Å²) in [7, 11) is 2.79. The van der Waals surface area contributed by atoms with Crippen molar-refractivity contribution in [2.45, 2.75) is 13.0 Å². The van der Waals surface area contributed by atoms with Gasteiger partial charge in [0.2, 0.25) is 6.04 Å². The number of carbonyl (C=O) groups is 2. The molecule has 0 heterocycles. The standard InChI is InChI=1S/C18H17ClN4O6/c1-10(24)16(22-21-11-5-4-6-12(7-11)23(26)27)18(25)20-15-9-13(28-2)8-14(19)17(15)29-3/h4-9,16H,1-3H3,(H,20,25). The zero-order valence-corrected chi connectivity index (χ0v) is 16.5. The number of anilines is 1. The number of amides is 1. The van der Waals surface area contributed by atoms with Gasteiger partial charge in [-0.2, -0.15) is 10.2 Å². The maximum absolute atomic E-state index is 12.6. The second-order valence-corrected chi connectivity index (χ2v) is 6.09. The van der Waals surface area contributed by atoms with Crippen LogP contribution in [0, 0.1) is 10.1 Å². The first kappa shape index (κ1) is 21.8. The second kappa shape index (κ2) is 9.60. The van der Waals surface area contributed by atoms with E-state index in [2.05, 4.69) is 15.5 Å². The lowest BCUT2D eigenvalue weighted by molar-refractivity contribution is -0.384. The van der Waals surface area contributed by atoms with Crippen molar-refractivity contribution in [2.24, 2.45) is 10.2 Å². The number of halogens is 1.